The topological polar surface area (TPSA) is 40.6 Å². The van der Waals surface area contributed by atoms with Crippen LogP contribution in [0, 0.1) is 6.07 Å². The Bertz CT molecular complexity index is 517. The van der Waals surface area contributed by atoms with E-state index in [9.17, 15) is 8.42 Å². The minimum atomic E-state index is -3.38. The van der Waals surface area contributed by atoms with Crippen LogP contribution in [0.3, 0.4) is 0 Å². The van der Waals surface area contributed by atoms with Crippen LogP contribution in [0.4, 0.5) is 5.69 Å². The number of nitrogens with zero attached hydrogens (tertiary/aromatic N) is 2. The lowest BCUT2D eigenvalue weighted by Crippen LogP contribution is -2.44. The second-order valence-electron chi connectivity index (χ2n) is 4.69. The van der Waals surface area contributed by atoms with Gasteiger partial charge in [-0.1, -0.05) is 17.7 Å². The highest BCUT2D eigenvalue weighted by molar-refractivity contribution is 7.92. The SMILES string of the molecule is CCS(=O)(=O)N(c1c[c]ccc1Cl)C(C)CN(C)C. The summed E-state index contributed by atoms with van der Waals surface area (Å²) in [6.07, 6.45) is 0. The fourth-order valence-corrected chi connectivity index (χ4v) is 3.58. The summed E-state index contributed by atoms with van der Waals surface area (Å²) in [7, 11) is 0.439. The van der Waals surface area contributed by atoms with Gasteiger partial charge < -0.3 is 4.90 Å². The monoisotopic (exact) mass is 303 g/mol. The van der Waals surface area contributed by atoms with E-state index in [0.717, 1.165) is 0 Å². The molecule has 0 spiro atoms. The van der Waals surface area contributed by atoms with E-state index in [1.807, 2.05) is 25.9 Å². The van der Waals surface area contributed by atoms with Gasteiger partial charge in [0.25, 0.3) is 0 Å². The fraction of sp³-hybridized carbons (Fsp3) is 0.538. The first-order valence-electron chi connectivity index (χ1n) is 6.12. The molecule has 6 heteroatoms. The third-order valence-corrected chi connectivity index (χ3v) is 4.93. The van der Waals surface area contributed by atoms with Gasteiger partial charge in [-0.25, -0.2) is 8.42 Å². The van der Waals surface area contributed by atoms with Crippen LogP contribution in [0.25, 0.3) is 0 Å². The molecule has 1 aromatic carbocycles. The molecule has 0 fully saturated rings. The van der Waals surface area contributed by atoms with Crippen molar-refractivity contribution in [3.63, 3.8) is 0 Å². The second-order valence-corrected chi connectivity index (χ2v) is 7.23. The molecular formula is C13H20ClN2O2S. The van der Waals surface area contributed by atoms with Gasteiger partial charge in [0, 0.05) is 6.54 Å². The summed E-state index contributed by atoms with van der Waals surface area (Å²) >= 11 is 6.12. The first-order valence-corrected chi connectivity index (χ1v) is 8.10. The molecule has 1 unspecified atom stereocenters. The lowest BCUT2D eigenvalue weighted by Gasteiger charge is -2.32. The van der Waals surface area contributed by atoms with Crippen LogP contribution in [0.5, 0.6) is 0 Å². The highest BCUT2D eigenvalue weighted by atomic mass is 35.5. The van der Waals surface area contributed by atoms with Crippen molar-refractivity contribution in [2.45, 2.75) is 19.9 Å². The number of anilines is 1. The van der Waals surface area contributed by atoms with Crippen LogP contribution in [0.1, 0.15) is 13.8 Å². The van der Waals surface area contributed by atoms with Crippen molar-refractivity contribution < 1.29 is 8.42 Å². The van der Waals surface area contributed by atoms with Crippen LogP contribution in [0.15, 0.2) is 18.2 Å². The van der Waals surface area contributed by atoms with Gasteiger partial charge in [-0.15, -0.1) is 0 Å². The molecule has 1 atom stereocenters. The molecule has 0 saturated heterocycles. The maximum Gasteiger partial charge on any atom is 0.235 e. The van der Waals surface area contributed by atoms with E-state index >= 15 is 0 Å². The molecule has 19 heavy (non-hydrogen) atoms. The lowest BCUT2D eigenvalue weighted by atomic mass is 10.2. The largest absolute Gasteiger partial charge is 0.307 e. The molecule has 1 radical (unpaired) electrons. The molecule has 1 rings (SSSR count). The van der Waals surface area contributed by atoms with Gasteiger partial charge in [0.2, 0.25) is 10.0 Å². The zero-order chi connectivity index (χ0) is 14.6. The standard InChI is InChI=1S/C13H20ClN2O2S/c1-5-19(17,18)16(11(2)10-15(3)4)13-9-7-6-8-12(13)14/h6,8-9,11H,5,10H2,1-4H3. The molecule has 1 aromatic rings. The normalized spacial score (nSPS) is 13.6. The Balaban J connectivity index is 3.25. The van der Waals surface area contributed by atoms with E-state index in [0.29, 0.717) is 17.3 Å². The van der Waals surface area contributed by atoms with Crippen molar-refractivity contribution in [3.8, 4) is 0 Å². The fourth-order valence-electron chi connectivity index (χ4n) is 1.97. The zero-order valence-corrected chi connectivity index (χ0v) is 13.3. The predicted octanol–water partition coefficient (Wildman–Crippen LogP) is 2.25. The van der Waals surface area contributed by atoms with Gasteiger partial charge in [-0.05, 0) is 46.1 Å². The number of hydrogen-bond donors (Lipinski definition) is 0. The maximum absolute atomic E-state index is 12.3. The molecule has 0 heterocycles. The first kappa shape index (κ1) is 16.3. The quantitative estimate of drug-likeness (QED) is 0.809. The van der Waals surface area contributed by atoms with Gasteiger partial charge in [0.05, 0.1) is 22.5 Å². The van der Waals surface area contributed by atoms with Crippen molar-refractivity contribution in [1.29, 1.82) is 0 Å². The minimum Gasteiger partial charge on any atom is -0.307 e. The highest BCUT2D eigenvalue weighted by Gasteiger charge is 2.27. The van der Waals surface area contributed by atoms with Crippen LogP contribution in [-0.4, -0.2) is 45.8 Å². The molecule has 0 amide bonds. The highest BCUT2D eigenvalue weighted by Crippen LogP contribution is 2.29. The molecular weight excluding hydrogens is 284 g/mol. The number of likely N-dealkylation sites (N-methyl/N-ethyl adjacent to an activating group) is 1. The van der Waals surface area contributed by atoms with E-state index in [2.05, 4.69) is 6.07 Å². The number of rotatable bonds is 6. The minimum absolute atomic E-state index is 0.0377. The Morgan fingerprint density at radius 3 is 2.53 bits per heavy atom. The van der Waals surface area contributed by atoms with E-state index in [1.54, 1.807) is 25.1 Å². The molecule has 4 nitrogen and oxygen atoms in total. The smallest absolute Gasteiger partial charge is 0.235 e. The van der Waals surface area contributed by atoms with Crippen LogP contribution in [-0.2, 0) is 10.0 Å². The third-order valence-electron chi connectivity index (χ3n) is 2.72. The van der Waals surface area contributed by atoms with E-state index in [-0.39, 0.29) is 11.8 Å². The average Bonchev–Trinajstić information content (AvgIpc) is 2.31. The Kier molecular flexibility index (Phi) is 5.64. The number of halogens is 1. The summed E-state index contributed by atoms with van der Waals surface area (Å²) in [4.78, 5) is 1.95. The Labute approximate surface area is 121 Å². The van der Waals surface area contributed by atoms with Crippen LogP contribution >= 0.6 is 11.6 Å². The Morgan fingerprint density at radius 1 is 1.42 bits per heavy atom. The maximum atomic E-state index is 12.3. The summed E-state index contributed by atoms with van der Waals surface area (Å²) in [6, 6.07) is 7.61. The van der Waals surface area contributed by atoms with E-state index < -0.39 is 10.0 Å². The van der Waals surface area contributed by atoms with Crippen molar-refractivity contribution in [2.75, 3.05) is 30.7 Å². The average molecular weight is 304 g/mol. The van der Waals surface area contributed by atoms with E-state index in [1.165, 1.54) is 4.31 Å². The van der Waals surface area contributed by atoms with Crippen molar-refractivity contribution in [1.82, 2.24) is 4.90 Å². The summed E-state index contributed by atoms with van der Waals surface area (Å²) in [5, 5.41) is 0.418. The van der Waals surface area contributed by atoms with E-state index in [4.69, 9.17) is 11.6 Å². The molecule has 107 valence electrons. The summed E-state index contributed by atoms with van der Waals surface area (Å²) < 4.78 is 26.0. The lowest BCUT2D eigenvalue weighted by molar-refractivity contribution is 0.382. The third kappa shape index (κ3) is 4.09. The molecule has 0 aromatic heterocycles. The van der Waals surface area contributed by atoms with Gasteiger partial charge in [0.1, 0.15) is 0 Å². The van der Waals surface area contributed by atoms with Crippen LogP contribution < -0.4 is 4.31 Å². The first-order chi connectivity index (χ1) is 8.79. The second kappa shape index (κ2) is 6.59. The number of hydrogen-bond acceptors (Lipinski definition) is 3. The van der Waals surface area contributed by atoms with Gasteiger partial charge in [0.15, 0.2) is 0 Å². The van der Waals surface area contributed by atoms with Crippen molar-refractivity contribution in [2.24, 2.45) is 0 Å². The van der Waals surface area contributed by atoms with Gasteiger partial charge in [-0.2, -0.15) is 0 Å². The molecule has 0 N–H and O–H groups in total. The Hall–Kier alpha value is -0.780. The summed E-state index contributed by atoms with van der Waals surface area (Å²) in [5.74, 6) is 0.0377. The molecule has 0 aliphatic carbocycles. The van der Waals surface area contributed by atoms with Crippen LogP contribution in [0.2, 0.25) is 5.02 Å². The summed E-state index contributed by atoms with van der Waals surface area (Å²) in [6.45, 7) is 4.12. The van der Waals surface area contributed by atoms with Gasteiger partial charge in [-0.3, -0.25) is 4.31 Å². The van der Waals surface area contributed by atoms with Crippen molar-refractivity contribution >= 4 is 27.3 Å². The number of sulfonamides is 1. The molecule has 0 bridgehead atoms. The molecule has 0 aliphatic heterocycles. The van der Waals surface area contributed by atoms with Crippen molar-refractivity contribution in [3.05, 3.63) is 29.3 Å². The number of benzene rings is 1. The molecule has 0 aliphatic rings. The zero-order valence-electron chi connectivity index (χ0n) is 11.7. The predicted molar refractivity (Wildman–Crippen MR) is 80.2 cm³/mol. The Morgan fingerprint density at radius 2 is 2.05 bits per heavy atom. The molecule has 0 saturated carbocycles. The van der Waals surface area contributed by atoms with Gasteiger partial charge >= 0.3 is 0 Å². The summed E-state index contributed by atoms with van der Waals surface area (Å²) in [5.41, 5.74) is 0.486.